The van der Waals surface area contributed by atoms with E-state index in [0.29, 0.717) is 31.6 Å². The molecule has 138 valence electrons. The van der Waals surface area contributed by atoms with E-state index in [-0.39, 0.29) is 24.0 Å². The van der Waals surface area contributed by atoms with Crippen LogP contribution in [0, 0.1) is 0 Å². The maximum absolute atomic E-state index is 6.04. The zero-order valence-electron chi connectivity index (χ0n) is 14.8. The molecule has 7 heteroatoms. The van der Waals surface area contributed by atoms with Crippen molar-refractivity contribution in [2.75, 3.05) is 25.1 Å². The number of ether oxygens (including phenoxy) is 2. The summed E-state index contributed by atoms with van der Waals surface area (Å²) in [4.78, 5) is 4.44. The predicted molar refractivity (Wildman–Crippen MR) is 117 cm³/mol. The number of guanidine groups is 1. The van der Waals surface area contributed by atoms with Gasteiger partial charge in [-0.1, -0.05) is 6.92 Å². The molecule has 0 amide bonds. The maximum atomic E-state index is 6.04. The smallest absolute Gasteiger partial charge is 0.193 e. The molecule has 1 aromatic carbocycles. The first-order valence-electron chi connectivity index (χ1n) is 8.12. The van der Waals surface area contributed by atoms with Crippen molar-refractivity contribution in [3.8, 4) is 11.5 Å². The van der Waals surface area contributed by atoms with Gasteiger partial charge in [0.15, 0.2) is 5.96 Å². The standard InChI is InChI=1S/C18H25N3O2S.HI/c1-4-22-15-6-7-17(23-5-2)16(10-15)21-18(19)20-11-13(3)14-8-9-24-12-14;/h6-10,12-13H,4-5,11H2,1-3H3,(H3,19,20,21);1H. The van der Waals surface area contributed by atoms with Crippen LogP contribution in [0.4, 0.5) is 5.69 Å². The highest BCUT2D eigenvalue weighted by Crippen LogP contribution is 2.29. The molecule has 0 bridgehead atoms. The van der Waals surface area contributed by atoms with Gasteiger partial charge in [0.1, 0.15) is 11.5 Å². The zero-order chi connectivity index (χ0) is 17.4. The highest BCUT2D eigenvalue weighted by Gasteiger charge is 2.08. The Bertz CT molecular complexity index is 662. The molecule has 0 aliphatic heterocycles. The van der Waals surface area contributed by atoms with Crippen molar-refractivity contribution in [2.24, 2.45) is 10.7 Å². The Kier molecular flexibility index (Phi) is 9.66. The van der Waals surface area contributed by atoms with E-state index in [1.165, 1.54) is 5.56 Å². The number of rotatable bonds is 8. The third-order valence-corrected chi connectivity index (χ3v) is 4.17. The fraction of sp³-hybridized carbons (Fsp3) is 0.389. The molecule has 25 heavy (non-hydrogen) atoms. The normalized spacial score (nSPS) is 12.2. The molecule has 1 atom stereocenters. The number of benzene rings is 1. The van der Waals surface area contributed by atoms with Crippen molar-refractivity contribution in [2.45, 2.75) is 26.7 Å². The fourth-order valence-corrected chi connectivity index (χ4v) is 3.00. The van der Waals surface area contributed by atoms with Gasteiger partial charge in [-0.2, -0.15) is 11.3 Å². The van der Waals surface area contributed by atoms with E-state index in [9.17, 15) is 0 Å². The summed E-state index contributed by atoms with van der Waals surface area (Å²) in [5.74, 6) is 2.19. The number of thiophene rings is 1. The molecule has 0 saturated heterocycles. The molecule has 0 spiro atoms. The van der Waals surface area contributed by atoms with Crippen LogP contribution in [0.15, 0.2) is 40.0 Å². The van der Waals surface area contributed by atoms with Gasteiger partial charge in [0.25, 0.3) is 0 Å². The number of anilines is 1. The molecule has 2 aromatic rings. The number of hydrogen-bond donors (Lipinski definition) is 2. The fourth-order valence-electron chi connectivity index (χ4n) is 2.22. The van der Waals surface area contributed by atoms with Crippen LogP contribution in [0.25, 0.3) is 0 Å². The van der Waals surface area contributed by atoms with Crippen molar-refractivity contribution >= 4 is 47.0 Å². The highest BCUT2D eigenvalue weighted by molar-refractivity contribution is 14.0. The van der Waals surface area contributed by atoms with Gasteiger partial charge in [-0.25, -0.2) is 0 Å². The summed E-state index contributed by atoms with van der Waals surface area (Å²) in [5, 5.41) is 7.34. The summed E-state index contributed by atoms with van der Waals surface area (Å²) >= 11 is 1.69. The molecule has 3 N–H and O–H groups in total. The average molecular weight is 475 g/mol. The molecule has 2 rings (SSSR count). The van der Waals surface area contributed by atoms with Crippen LogP contribution in [0.3, 0.4) is 0 Å². The van der Waals surface area contributed by atoms with Gasteiger partial charge in [0.2, 0.25) is 0 Å². The van der Waals surface area contributed by atoms with Gasteiger partial charge in [-0.05, 0) is 48.4 Å². The first-order chi connectivity index (χ1) is 11.6. The Morgan fingerprint density at radius 1 is 1.24 bits per heavy atom. The molecule has 0 saturated carbocycles. The SMILES string of the molecule is CCOc1ccc(OCC)c(NC(N)=NCC(C)c2ccsc2)c1.I. The van der Waals surface area contributed by atoms with Crippen LogP contribution in [0.1, 0.15) is 32.3 Å². The quantitative estimate of drug-likeness (QED) is 0.330. The molecule has 1 heterocycles. The number of halogens is 1. The Hall–Kier alpha value is -1.48. The minimum absolute atomic E-state index is 0. The summed E-state index contributed by atoms with van der Waals surface area (Å²) in [7, 11) is 0. The molecule has 0 aliphatic carbocycles. The third kappa shape index (κ3) is 6.74. The number of nitrogens with one attached hydrogen (secondary N) is 1. The van der Waals surface area contributed by atoms with Gasteiger partial charge < -0.3 is 20.5 Å². The lowest BCUT2D eigenvalue weighted by atomic mass is 10.1. The van der Waals surface area contributed by atoms with Gasteiger partial charge in [-0.15, -0.1) is 24.0 Å². The van der Waals surface area contributed by atoms with E-state index in [1.807, 2.05) is 32.0 Å². The lowest BCUT2D eigenvalue weighted by Gasteiger charge is -2.14. The lowest BCUT2D eigenvalue weighted by molar-refractivity contribution is 0.332. The lowest BCUT2D eigenvalue weighted by Crippen LogP contribution is -2.24. The van der Waals surface area contributed by atoms with Crippen molar-refractivity contribution in [3.63, 3.8) is 0 Å². The van der Waals surface area contributed by atoms with Crippen molar-refractivity contribution in [1.82, 2.24) is 0 Å². The topological polar surface area (TPSA) is 68.9 Å². The van der Waals surface area contributed by atoms with E-state index < -0.39 is 0 Å². The van der Waals surface area contributed by atoms with Crippen molar-refractivity contribution in [3.05, 3.63) is 40.6 Å². The van der Waals surface area contributed by atoms with Crippen LogP contribution < -0.4 is 20.5 Å². The third-order valence-electron chi connectivity index (χ3n) is 3.47. The van der Waals surface area contributed by atoms with Crippen LogP contribution in [-0.2, 0) is 0 Å². The van der Waals surface area contributed by atoms with Gasteiger partial charge in [-0.3, -0.25) is 4.99 Å². The van der Waals surface area contributed by atoms with Crippen LogP contribution in [0.2, 0.25) is 0 Å². The summed E-state index contributed by atoms with van der Waals surface area (Å²) in [6.07, 6.45) is 0. The number of nitrogens with two attached hydrogens (primary N) is 1. The van der Waals surface area contributed by atoms with E-state index in [0.717, 1.165) is 17.2 Å². The first-order valence-corrected chi connectivity index (χ1v) is 9.07. The Morgan fingerprint density at radius 3 is 2.64 bits per heavy atom. The summed E-state index contributed by atoms with van der Waals surface area (Å²) in [6.45, 7) is 7.85. The summed E-state index contributed by atoms with van der Waals surface area (Å²) in [6, 6.07) is 7.75. The van der Waals surface area contributed by atoms with E-state index >= 15 is 0 Å². The molecule has 1 unspecified atom stereocenters. The summed E-state index contributed by atoms with van der Waals surface area (Å²) < 4.78 is 11.2. The minimum atomic E-state index is 0. The van der Waals surface area contributed by atoms with Gasteiger partial charge in [0.05, 0.1) is 18.9 Å². The molecule has 0 radical (unpaired) electrons. The highest BCUT2D eigenvalue weighted by atomic mass is 127. The van der Waals surface area contributed by atoms with E-state index in [2.05, 4.69) is 34.1 Å². The maximum Gasteiger partial charge on any atom is 0.193 e. The molecule has 0 aliphatic rings. The molecular weight excluding hydrogens is 449 g/mol. The molecule has 0 fully saturated rings. The van der Waals surface area contributed by atoms with E-state index in [1.54, 1.807) is 11.3 Å². The largest absolute Gasteiger partial charge is 0.494 e. The van der Waals surface area contributed by atoms with Crippen LogP contribution in [0.5, 0.6) is 11.5 Å². The Labute approximate surface area is 170 Å². The predicted octanol–water partition coefficient (Wildman–Crippen LogP) is 4.69. The van der Waals surface area contributed by atoms with Crippen LogP contribution >= 0.6 is 35.3 Å². The van der Waals surface area contributed by atoms with E-state index in [4.69, 9.17) is 15.2 Å². The van der Waals surface area contributed by atoms with Gasteiger partial charge in [0, 0.05) is 18.5 Å². The number of hydrogen-bond acceptors (Lipinski definition) is 4. The molecule has 1 aromatic heterocycles. The summed E-state index contributed by atoms with van der Waals surface area (Å²) in [5.41, 5.74) is 8.08. The van der Waals surface area contributed by atoms with Crippen molar-refractivity contribution in [1.29, 1.82) is 0 Å². The molecular formula is C18H26IN3O2S. The Morgan fingerprint density at radius 2 is 2.00 bits per heavy atom. The first kappa shape index (κ1) is 21.6. The number of nitrogens with zero attached hydrogens (tertiary/aromatic N) is 1. The average Bonchev–Trinajstić information content (AvgIpc) is 3.10. The number of aliphatic imine (C=N–C) groups is 1. The minimum Gasteiger partial charge on any atom is -0.494 e. The Balaban J connectivity index is 0.00000312. The molecule has 5 nitrogen and oxygen atoms in total. The second-order valence-electron chi connectivity index (χ2n) is 5.33. The monoisotopic (exact) mass is 475 g/mol. The van der Waals surface area contributed by atoms with Gasteiger partial charge >= 0.3 is 0 Å². The second-order valence-corrected chi connectivity index (χ2v) is 6.11. The zero-order valence-corrected chi connectivity index (χ0v) is 18.0. The second kappa shape index (κ2) is 11.2. The van der Waals surface area contributed by atoms with Crippen LogP contribution in [-0.4, -0.2) is 25.7 Å². The van der Waals surface area contributed by atoms with Crippen molar-refractivity contribution < 1.29 is 9.47 Å².